The Kier molecular flexibility index (Phi) is 8.00. The van der Waals surface area contributed by atoms with Gasteiger partial charge in [0.1, 0.15) is 5.75 Å². The molecule has 0 spiro atoms. The highest BCUT2D eigenvalue weighted by Crippen LogP contribution is 2.17. The molecular weight excluding hydrogens is 294 g/mol. The molecule has 0 fully saturated rings. The minimum Gasteiger partial charge on any atom is -1.00 e. The molecule has 0 saturated carbocycles. The second-order valence-electron chi connectivity index (χ2n) is 5.92. The molecule has 2 rings (SSSR count). The molecule has 0 aromatic heterocycles. The van der Waals surface area contributed by atoms with Gasteiger partial charge in [0.15, 0.2) is 0 Å². The average molecular weight is 320 g/mol. The molecule has 0 aliphatic rings. The molecule has 0 aliphatic heterocycles. The normalized spacial score (nSPS) is 11.7. The van der Waals surface area contributed by atoms with Crippen molar-refractivity contribution in [2.24, 2.45) is 0 Å². The monoisotopic (exact) mass is 319 g/mol. The van der Waals surface area contributed by atoms with Crippen LogP contribution in [0, 0.1) is 6.92 Å². The minimum atomic E-state index is 0. The van der Waals surface area contributed by atoms with Crippen LogP contribution in [0.25, 0.3) is 0 Å². The van der Waals surface area contributed by atoms with E-state index in [0.717, 1.165) is 24.9 Å². The van der Waals surface area contributed by atoms with Gasteiger partial charge in [-0.3, -0.25) is 0 Å². The minimum absolute atomic E-state index is 0. The third-order valence-electron chi connectivity index (χ3n) is 3.90. The number of benzene rings is 2. The van der Waals surface area contributed by atoms with Gasteiger partial charge in [0.2, 0.25) is 0 Å². The molecule has 0 heterocycles. The van der Waals surface area contributed by atoms with E-state index in [2.05, 4.69) is 48.6 Å². The first-order valence-electron chi connectivity index (χ1n) is 7.81. The zero-order chi connectivity index (χ0) is 15.1. The Morgan fingerprint density at radius 1 is 1.05 bits per heavy atom. The van der Waals surface area contributed by atoms with E-state index in [0.29, 0.717) is 11.8 Å². The molecule has 120 valence electrons. The Labute approximate surface area is 140 Å². The zero-order valence-corrected chi connectivity index (χ0v) is 14.2. The van der Waals surface area contributed by atoms with Gasteiger partial charge in [-0.2, -0.15) is 0 Å². The lowest BCUT2D eigenvalue weighted by Crippen LogP contribution is -3.00. The quantitative estimate of drug-likeness (QED) is 0.683. The van der Waals surface area contributed by atoms with Gasteiger partial charge in [-0.15, -0.1) is 0 Å². The highest BCUT2D eigenvalue weighted by molar-refractivity contribution is 5.35. The number of aromatic hydroxyl groups is 1. The fourth-order valence-electron chi connectivity index (χ4n) is 2.65. The molecule has 1 unspecified atom stereocenters. The summed E-state index contributed by atoms with van der Waals surface area (Å²) in [4.78, 5) is 0. The number of aryl methyl sites for hydroxylation is 2. The molecular formula is C19H26ClNO. The number of nitrogens with two attached hydrogens (primary N) is 1. The molecule has 2 aromatic rings. The SMILES string of the molecule is Cc1cc(CC(C)[NH2+]CCCc2ccccc2)ccc1O.[Cl-]. The fraction of sp³-hybridized carbons (Fsp3) is 0.368. The van der Waals surface area contributed by atoms with Crippen LogP contribution in [0.2, 0.25) is 0 Å². The molecule has 3 N–H and O–H groups in total. The van der Waals surface area contributed by atoms with E-state index >= 15 is 0 Å². The van der Waals surface area contributed by atoms with Crippen LogP contribution in [0.15, 0.2) is 48.5 Å². The van der Waals surface area contributed by atoms with Crippen molar-refractivity contribution in [3.63, 3.8) is 0 Å². The zero-order valence-electron chi connectivity index (χ0n) is 13.4. The van der Waals surface area contributed by atoms with E-state index in [1.807, 2.05) is 13.0 Å². The number of quaternary nitrogens is 1. The lowest BCUT2D eigenvalue weighted by Gasteiger charge is -2.12. The molecule has 2 nitrogen and oxygen atoms in total. The molecule has 0 bridgehead atoms. The first-order chi connectivity index (χ1) is 10.1. The maximum absolute atomic E-state index is 9.55. The summed E-state index contributed by atoms with van der Waals surface area (Å²) >= 11 is 0. The van der Waals surface area contributed by atoms with Gasteiger partial charge in [-0.25, -0.2) is 0 Å². The maximum atomic E-state index is 9.55. The van der Waals surface area contributed by atoms with E-state index in [1.54, 1.807) is 6.07 Å². The summed E-state index contributed by atoms with van der Waals surface area (Å²) in [5.74, 6) is 0.387. The summed E-state index contributed by atoms with van der Waals surface area (Å²) < 4.78 is 0. The Balaban J connectivity index is 0.00000242. The van der Waals surface area contributed by atoms with Crippen LogP contribution in [0.4, 0.5) is 0 Å². The van der Waals surface area contributed by atoms with Gasteiger partial charge in [-0.05, 0) is 43.0 Å². The van der Waals surface area contributed by atoms with E-state index < -0.39 is 0 Å². The molecule has 0 radical (unpaired) electrons. The highest BCUT2D eigenvalue weighted by Gasteiger charge is 2.07. The Bertz CT molecular complexity index is 557. The third kappa shape index (κ3) is 6.08. The number of hydrogen-bond donors (Lipinski definition) is 2. The van der Waals surface area contributed by atoms with Gasteiger partial charge in [0.05, 0.1) is 12.6 Å². The van der Waals surface area contributed by atoms with Crippen LogP contribution in [0.5, 0.6) is 5.75 Å². The summed E-state index contributed by atoms with van der Waals surface area (Å²) in [6.07, 6.45) is 3.41. The van der Waals surface area contributed by atoms with Crippen molar-refractivity contribution in [1.82, 2.24) is 0 Å². The average Bonchev–Trinajstić information content (AvgIpc) is 2.49. The van der Waals surface area contributed by atoms with Gasteiger partial charge in [-0.1, -0.05) is 42.5 Å². The summed E-state index contributed by atoms with van der Waals surface area (Å²) in [6, 6.07) is 17.2. The molecule has 2 aromatic carbocycles. The number of phenolic OH excluding ortho intramolecular Hbond substituents is 1. The smallest absolute Gasteiger partial charge is 0.118 e. The van der Waals surface area contributed by atoms with E-state index in [4.69, 9.17) is 0 Å². The number of halogens is 1. The second-order valence-corrected chi connectivity index (χ2v) is 5.92. The van der Waals surface area contributed by atoms with Crippen LogP contribution in [-0.4, -0.2) is 17.7 Å². The summed E-state index contributed by atoms with van der Waals surface area (Å²) in [5, 5.41) is 12.0. The number of hydrogen-bond acceptors (Lipinski definition) is 1. The van der Waals surface area contributed by atoms with E-state index in [1.165, 1.54) is 17.5 Å². The van der Waals surface area contributed by atoms with Crippen molar-refractivity contribution < 1.29 is 22.8 Å². The third-order valence-corrected chi connectivity index (χ3v) is 3.90. The predicted octanol–water partition coefficient (Wildman–Crippen LogP) is -0.168. The van der Waals surface area contributed by atoms with Gasteiger partial charge in [0.25, 0.3) is 0 Å². The van der Waals surface area contributed by atoms with Gasteiger partial charge < -0.3 is 22.8 Å². The van der Waals surface area contributed by atoms with Gasteiger partial charge >= 0.3 is 0 Å². The van der Waals surface area contributed by atoms with Crippen molar-refractivity contribution in [3.8, 4) is 5.75 Å². The fourth-order valence-corrected chi connectivity index (χ4v) is 2.65. The topological polar surface area (TPSA) is 36.8 Å². The molecule has 0 amide bonds. The highest BCUT2D eigenvalue weighted by atomic mass is 35.5. The lowest BCUT2D eigenvalue weighted by atomic mass is 10.0. The van der Waals surface area contributed by atoms with Crippen LogP contribution in [0.1, 0.15) is 30.0 Å². The Hall–Kier alpha value is -1.51. The molecule has 22 heavy (non-hydrogen) atoms. The van der Waals surface area contributed by atoms with Crippen molar-refractivity contribution in [2.45, 2.75) is 39.2 Å². The summed E-state index contributed by atoms with van der Waals surface area (Å²) in [6.45, 7) is 5.38. The molecule has 3 heteroatoms. The largest absolute Gasteiger partial charge is 1.00 e. The standard InChI is InChI=1S/C19H25NO.ClH/c1-15-13-18(10-11-19(15)21)14-16(2)20-12-6-9-17-7-4-3-5-8-17;/h3-5,7-8,10-11,13,16,20-21H,6,9,12,14H2,1-2H3;1H. The van der Waals surface area contributed by atoms with Gasteiger partial charge in [0, 0.05) is 12.8 Å². The number of phenols is 1. The van der Waals surface area contributed by atoms with E-state index in [-0.39, 0.29) is 12.4 Å². The lowest BCUT2D eigenvalue weighted by molar-refractivity contribution is -0.686. The maximum Gasteiger partial charge on any atom is 0.118 e. The van der Waals surface area contributed by atoms with Crippen molar-refractivity contribution in [1.29, 1.82) is 0 Å². The van der Waals surface area contributed by atoms with Crippen molar-refractivity contribution in [2.75, 3.05) is 6.54 Å². The molecule has 1 atom stereocenters. The van der Waals surface area contributed by atoms with Crippen LogP contribution in [-0.2, 0) is 12.8 Å². The summed E-state index contributed by atoms with van der Waals surface area (Å²) in [7, 11) is 0. The molecule has 0 saturated heterocycles. The van der Waals surface area contributed by atoms with E-state index in [9.17, 15) is 5.11 Å². The first-order valence-corrected chi connectivity index (χ1v) is 7.81. The first kappa shape index (κ1) is 18.5. The van der Waals surface area contributed by atoms with Crippen LogP contribution >= 0.6 is 0 Å². The van der Waals surface area contributed by atoms with Crippen molar-refractivity contribution >= 4 is 0 Å². The van der Waals surface area contributed by atoms with Crippen LogP contribution < -0.4 is 17.7 Å². The Morgan fingerprint density at radius 3 is 2.45 bits per heavy atom. The predicted molar refractivity (Wildman–Crippen MR) is 87.6 cm³/mol. The van der Waals surface area contributed by atoms with Crippen LogP contribution in [0.3, 0.4) is 0 Å². The van der Waals surface area contributed by atoms with Crippen molar-refractivity contribution in [3.05, 3.63) is 65.2 Å². The molecule has 0 aliphatic carbocycles. The second kappa shape index (κ2) is 9.50. The Morgan fingerprint density at radius 2 is 1.77 bits per heavy atom. The number of rotatable bonds is 7. The summed E-state index contributed by atoms with van der Waals surface area (Å²) in [5.41, 5.74) is 3.69.